The number of fused-ring (bicyclic) bond motifs is 1. The number of rotatable bonds is 5. The zero-order valence-corrected chi connectivity index (χ0v) is 18.6. The maximum absolute atomic E-state index is 12.6. The van der Waals surface area contributed by atoms with Gasteiger partial charge in [0.2, 0.25) is 5.91 Å². The molecule has 9 nitrogen and oxygen atoms in total. The lowest BCUT2D eigenvalue weighted by Crippen LogP contribution is -2.37. The van der Waals surface area contributed by atoms with Gasteiger partial charge < -0.3 is 15.1 Å². The van der Waals surface area contributed by atoms with E-state index in [-0.39, 0.29) is 17.9 Å². The summed E-state index contributed by atoms with van der Waals surface area (Å²) in [5.41, 5.74) is 3.93. The van der Waals surface area contributed by atoms with Gasteiger partial charge in [-0.25, -0.2) is 15.0 Å². The van der Waals surface area contributed by atoms with Gasteiger partial charge >= 0.3 is 0 Å². The molecule has 1 unspecified atom stereocenters. The van der Waals surface area contributed by atoms with Gasteiger partial charge in [0.15, 0.2) is 17.0 Å². The van der Waals surface area contributed by atoms with Crippen molar-refractivity contribution in [1.29, 1.82) is 0 Å². The standard InChI is InChI=1S/C23H27N7O2/c1-14-4-5-16(23(32)27-17-6-7-17)10-19(14)30-13-26-20-21(24-12-25-22(20)30)29-9-8-18(11-29)28(3)15(2)31/h4-5,10,12-13,17-18H,6-9,11H2,1-3H3,(H,27,32). The van der Waals surface area contributed by atoms with Crippen molar-refractivity contribution in [3.8, 4) is 5.69 Å². The Kier molecular flexibility index (Phi) is 5.03. The number of aryl methyl sites for hydroxylation is 1. The van der Waals surface area contributed by atoms with Crippen molar-refractivity contribution < 1.29 is 9.59 Å². The molecule has 1 N–H and O–H groups in total. The van der Waals surface area contributed by atoms with Crippen molar-refractivity contribution in [2.45, 2.75) is 45.2 Å². The maximum atomic E-state index is 12.6. The van der Waals surface area contributed by atoms with Crippen LogP contribution in [0.5, 0.6) is 0 Å². The third-order valence-electron chi connectivity index (χ3n) is 6.46. The summed E-state index contributed by atoms with van der Waals surface area (Å²) < 4.78 is 1.92. The number of aromatic nitrogens is 4. The minimum Gasteiger partial charge on any atom is -0.353 e. The highest BCUT2D eigenvalue weighted by atomic mass is 16.2. The number of hydrogen-bond acceptors (Lipinski definition) is 6. The molecule has 1 saturated heterocycles. The lowest BCUT2D eigenvalue weighted by molar-refractivity contribution is -0.129. The zero-order valence-electron chi connectivity index (χ0n) is 18.6. The lowest BCUT2D eigenvalue weighted by Gasteiger charge is -2.23. The molecule has 0 bridgehead atoms. The van der Waals surface area contributed by atoms with E-state index in [2.05, 4.69) is 25.2 Å². The molecule has 3 heterocycles. The highest BCUT2D eigenvalue weighted by Gasteiger charge is 2.30. The summed E-state index contributed by atoms with van der Waals surface area (Å²) in [7, 11) is 1.84. The number of carbonyl (C=O) groups excluding carboxylic acids is 2. The second-order valence-electron chi connectivity index (χ2n) is 8.75. The van der Waals surface area contributed by atoms with E-state index in [1.165, 1.54) is 0 Å². The molecular formula is C23H27N7O2. The number of nitrogens with one attached hydrogen (secondary N) is 1. The first-order chi connectivity index (χ1) is 15.4. The van der Waals surface area contributed by atoms with E-state index >= 15 is 0 Å². The molecule has 0 radical (unpaired) electrons. The van der Waals surface area contributed by atoms with Crippen molar-refractivity contribution >= 4 is 28.8 Å². The van der Waals surface area contributed by atoms with Gasteiger partial charge in [0, 0.05) is 38.7 Å². The van der Waals surface area contributed by atoms with Crippen molar-refractivity contribution in [3.05, 3.63) is 42.0 Å². The van der Waals surface area contributed by atoms with E-state index in [4.69, 9.17) is 0 Å². The highest BCUT2D eigenvalue weighted by molar-refractivity contribution is 5.95. The molecule has 2 amide bonds. The topological polar surface area (TPSA) is 96.2 Å². The Morgan fingerprint density at radius 2 is 1.97 bits per heavy atom. The van der Waals surface area contributed by atoms with Crippen LogP contribution in [0.4, 0.5) is 5.82 Å². The summed E-state index contributed by atoms with van der Waals surface area (Å²) >= 11 is 0. The Morgan fingerprint density at radius 1 is 1.16 bits per heavy atom. The predicted molar refractivity (Wildman–Crippen MR) is 121 cm³/mol. The first-order valence-corrected chi connectivity index (χ1v) is 11.0. The Hall–Kier alpha value is -3.49. The highest BCUT2D eigenvalue weighted by Crippen LogP contribution is 2.29. The van der Waals surface area contributed by atoms with Gasteiger partial charge in [-0.05, 0) is 43.9 Å². The van der Waals surface area contributed by atoms with E-state index in [0.717, 1.165) is 42.9 Å². The van der Waals surface area contributed by atoms with Gasteiger partial charge in [0.05, 0.1) is 11.7 Å². The second-order valence-corrected chi connectivity index (χ2v) is 8.75. The number of amides is 2. The summed E-state index contributed by atoms with van der Waals surface area (Å²) in [5.74, 6) is 0.787. The average molecular weight is 434 g/mol. The molecule has 2 fully saturated rings. The largest absolute Gasteiger partial charge is 0.353 e. The molecule has 166 valence electrons. The minimum atomic E-state index is -0.0498. The average Bonchev–Trinajstić information content (AvgIpc) is 3.29. The van der Waals surface area contributed by atoms with Crippen LogP contribution in [-0.2, 0) is 4.79 Å². The Bertz CT molecular complexity index is 1200. The van der Waals surface area contributed by atoms with Crippen molar-refractivity contribution in [3.63, 3.8) is 0 Å². The zero-order chi connectivity index (χ0) is 22.4. The van der Waals surface area contributed by atoms with Crippen LogP contribution in [0.2, 0.25) is 0 Å². The number of likely N-dealkylation sites (N-methyl/N-ethyl adjacent to an activating group) is 1. The van der Waals surface area contributed by atoms with E-state index in [1.807, 2.05) is 36.7 Å². The molecule has 2 aromatic heterocycles. The second kappa shape index (κ2) is 7.89. The molecule has 2 aliphatic rings. The van der Waals surface area contributed by atoms with Crippen LogP contribution in [-0.4, -0.2) is 68.5 Å². The third kappa shape index (κ3) is 3.68. The molecule has 0 spiro atoms. The predicted octanol–water partition coefficient (Wildman–Crippen LogP) is 2.07. The summed E-state index contributed by atoms with van der Waals surface area (Å²) in [6.45, 7) is 5.12. The van der Waals surface area contributed by atoms with Gasteiger partial charge in [0.25, 0.3) is 5.91 Å². The number of carbonyl (C=O) groups is 2. The molecule has 32 heavy (non-hydrogen) atoms. The molecular weight excluding hydrogens is 406 g/mol. The molecule has 1 aromatic carbocycles. The quantitative estimate of drug-likeness (QED) is 0.662. The monoisotopic (exact) mass is 433 g/mol. The number of anilines is 1. The minimum absolute atomic E-state index is 0.0498. The smallest absolute Gasteiger partial charge is 0.251 e. The van der Waals surface area contributed by atoms with Crippen LogP contribution in [0.3, 0.4) is 0 Å². The first-order valence-electron chi connectivity index (χ1n) is 11.0. The van der Waals surface area contributed by atoms with Gasteiger partial charge in [-0.3, -0.25) is 14.2 Å². The SMILES string of the molecule is CC(=O)N(C)C1CCN(c2ncnc3c2ncn3-c2cc(C(=O)NC3CC3)ccc2C)C1. The molecule has 9 heteroatoms. The molecule has 3 aromatic rings. The number of benzene rings is 1. The normalized spacial score (nSPS) is 18.2. The van der Waals surface area contributed by atoms with Crippen LogP contribution < -0.4 is 10.2 Å². The molecule has 1 aliphatic heterocycles. The van der Waals surface area contributed by atoms with Gasteiger partial charge in [-0.2, -0.15) is 0 Å². The molecule has 1 atom stereocenters. The van der Waals surface area contributed by atoms with Gasteiger partial charge in [-0.15, -0.1) is 0 Å². The Labute approximate surface area is 186 Å². The van der Waals surface area contributed by atoms with Crippen LogP contribution >= 0.6 is 0 Å². The molecule has 5 rings (SSSR count). The van der Waals surface area contributed by atoms with Crippen LogP contribution in [0.25, 0.3) is 16.9 Å². The van der Waals surface area contributed by atoms with Crippen molar-refractivity contribution in [2.75, 3.05) is 25.0 Å². The first kappa shape index (κ1) is 20.4. The number of nitrogens with zero attached hydrogens (tertiary/aromatic N) is 6. The summed E-state index contributed by atoms with van der Waals surface area (Å²) in [6.07, 6.45) is 6.28. The number of hydrogen-bond donors (Lipinski definition) is 1. The fourth-order valence-corrected chi connectivity index (χ4v) is 4.24. The summed E-state index contributed by atoms with van der Waals surface area (Å²) in [5, 5.41) is 3.04. The lowest BCUT2D eigenvalue weighted by atomic mass is 10.1. The van der Waals surface area contributed by atoms with Crippen molar-refractivity contribution in [2.24, 2.45) is 0 Å². The van der Waals surface area contributed by atoms with Crippen LogP contribution in [0.1, 0.15) is 42.1 Å². The van der Waals surface area contributed by atoms with Crippen LogP contribution in [0.15, 0.2) is 30.9 Å². The summed E-state index contributed by atoms with van der Waals surface area (Å²) in [4.78, 5) is 41.9. The van der Waals surface area contributed by atoms with E-state index in [1.54, 1.807) is 24.5 Å². The molecule has 1 aliphatic carbocycles. The van der Waals surface area contributed by atoms with E-state index in [0.29, 0.717) is 29.3 Å². The Balaban J connectivity index is 1.47. The van der Waals surface area contributed by atoms with Gasteiger partial charge in [0.1, 0.15) is 12.7 Å². The van der Waals surface area contributed by atoms with E-state index < -0.39 is 0 Å². The fraction of sp³-hybridized carbons (Fsp3) is 0.435. The third-order valence-corrected chi connectivity index (χ3v) is 6.46. The summed E-state index contributed by atoms with van der Waals surface area (Å²) in [6, 6.07) is 6.16. The Morgan fingerprint density at radius 3 is 2.72 bits per heavy atom. The van der Waals surface area contributed by atoms with Crippen LogP contribution in [0, 0.1) is 6.92 Å². The molecule has 1 saturated carbocycles. The van der Waals surface area contributed by atoms with Gasteiger partial charge in [-0.1, -0.05) is 6.07 Å². The number of imidazole rings is 1. The fourth-order valence-electron chi connectivity index (χ4n) is 4.24. The van der Waals surface area contributed by atoms with Crippen molar-refractivity contribution in [1.82, 2.24) is 29.7 Å². The maximum Gasteiger partial charge on any atom is 0.251 e. The van der Waals surface area contributed by atoms with E-state index in [9.17, 15) is 9.59 Å².